The molecule has 0 N–H and O–H groups in total. The zero-order valence-corrected chi connectivity index (χ0v) is 15.0. The summed E-state index contributed by atoms with van der Waals surface area (Å²) in [6.45, 7) is 0. The second-order valence-corrected chi connectivity index (χ2v) is 7.42. The van der Waals surface area contributed by atoms with Crippen LogP contribution in [0.5, 0.6) is 0 Å². The van der Waals surface area contributed by atoms with Gasteiger partial charge < -0.3 is 8.82 Å². The van der Waals surface area contributed by atoms with E-state index < -0.39 is 0 Å². The topological polar surface area (TPSA) is 17.6 Å². The third-order valence-electron chi connectivity index (χ3n) is 5.96. The van der Waals surface area contributed by atoms with Crippen molar-refractivity contribution in [1.29, 1.82) is 0 Å². The maximum absolute atomic E-state index is 6.43. The van der Waals surface area contributed by atoms with Crippen LogP contribution in [0.2, 0.25) is 0 Å². The van der Waals surface area contributed by atoms with Crippen molar-refractivity contribution in [2.75, 3.05) is 0 Å². The minimum atomic E-state index is 0.937. The number of hydrogen-bond donors (Lipinski definition) is 0. The molecule has 0 radical (unpaired) electrons. The molecule has 0 bridgehead atoms. The fourth-order valence-electron chi connectivity index (χ4n) is 4.76. The van der Waals surface area contributed by atoms with E-state index in [1.165, 1.54) is 48.7 Å². The molecule has 0 aliphatic rings. The van der Waals surface area contributed by atoms with E-state index in [-0.39, 0.29) is 0 Å². The molecule has 2 nitrogen and oxygen atoms in total. The molecule has 0 saturated carbocycles. The molecule has 3 aromatic heterocycles. The van der Waals surface area contributed by atoms with Gasteiger partial charge in [0.2, 0.25) is 0 Å². The molecule has 0 atom stereocenters. The molecule has 0 fully saturated rings. The van der Waals surface area contributed by atoms with Crippen molar-refractivity contribution in [3.8, 4) is 0 Å². The fraction of sp³-hybridized carbons (Fsp3) is 0. The van der Waals surface area contributed by atoms with Crippen LogP contribution < -0.4 is 0 Å². The normalized spacial score (nSPS) is 12.3. The van der Waals surface area contributed by atoms with Crippen molar-refractivity contribution in [2.45, 2.75) is 0 Å². The number of fused-ring (bicyclic) bond motifs is 12. The second kappa shape index (κ2) is 4.93. The Hall–Kier alpha value is -3.78. The van der Waals surface area contributed by atoms with E-state index >= 15 is 0 Å². The van der Waals surface area contributed by atoms with Gasteiger partial charge in [-0.2, -0.15) is 0 Å². The molecule has 4 aromatic carbocycles. The summed E-state index contributed by atoms with van der Waals surface area (Å²) >= 11 is 0. The number of pyridine rings is 1. The molecule has 0 spiro atoms. The molecule has 0 saturated heterocycles. The van der Waals surface area contributed by atoms with Gasteiger partial charge in [-0.15, -0.1) is 0 Å². The number of para-hydroxylation sites is 2. The minimum Gasteiger partial charge on any atom is -0.455 e. The van der Waals surface area contributed by atoms with Crippen molar-refractivity contribution in [3.63, 3.8) is 0 Å². The quantitative estimate of drug-likeness (QED) is 0.260. The molecule has 0 amide bonds. The van der Waals surface area contributed by atoms with Gasteiger partial charge in [0.05, 0.1) is 16.4 Å². The zero-order valence-electron chi connectivity index (χ0n) is 15.0. The SMILES string of the molecule is c1ccc2c(c1)cn1c3ccccc3c3ccc4c5ccccc5oc4c3c21. The molecule has 0 unspecified atom stereocenters. The highest BCUT2D eigenvalue weighted by molar-refractivity contribution is 6.28. The summed E-state index contributed by atoms with van der Waals surface area (Å²) in [5.41, 5.74) is 4.34. The molecular weight excluding hydrogens is 342 g/mol. The molecule has 28 heavy (non-hydrogen) atoms. The van der Waals surface area contributed by atoms with Crippen molar-refractivity contribution in [2.24, 2.45) is 0 Å². The number of aromatic nitrogens is 1. The summed E-state index contributed by atoms with van der Waals surface area (Å²) < 4.78 is 8.76. The highest BCUT2D eigenvalue weighted by Gasteiger charge is 2.17. The molecule has 7 aromatic rings. The third kappa shape index (κ3) is 1.64. The predicted molar refractivity (Wildman–Crippen MR) is 117 cm³/mol. The first-order valence-electron chi connectivity index (χ1n) is 9.55. The number of rotatable bonds is 0. The summed E-state index contributed by atoms with van der Waals surface area (Å²) in [7, 11) is 0. The average Bonchev–Trinajstić information content (AvgIpc) is 3.32. The second-order valence-electron chi connectivity index (χ2n) is 7.42. The first kappa shape index (κ1) is 14.3. The summed E-state index contributed by atoms with van der Waals surface area (Å²) in [6, 6.07) is 30.0. The van der Waals surface area contributed by atoms with Crippen LogP contribution in [0.4, 0.5) is 0 Å². The fourth-order valence-corrected chi connectivity index (χ4v) is 4.76. The van der Waals surface area contributed by atoms with E-state index in [1.807, 2.05) is 6.07 Å². The lowest BCUT2D eigenvalue weighted by atomic mass is 10.0. The van der Waals surface area contributed by atoms with Crippen molar-refractivity contribution >= 4 is 59.9 Å². The lowest BCUT2D eigenvalue weighted by Gasteiger charge is -2.10. The van der Waals surface area contributed by atoms with Crippen LogP contribution in [-0.4, -0.2) is 4.40 Å². The third-order valence-corrected chi connectivity index (χ3v) is 5.96. The molecule has 7 rings (SSSR count). The molecular formula is C26H15NO. The van der Waals surface area contributed by atoms with Crippen LogP contribution in [0.15, 0.2) is 95.5 Å². The lowest BCUT2D eigenvalue weighted by Crippen LogP contribution is -1.89. The van der Waals surface area contributed by atoms with Gasteiger partial charge in [0.25, 0.3) is 0 Å². The Morgan fingerprint density at radius 1 is 0.571 bits per heavy atom. The van der Waals surface area contributed by atoms with Gasteiger partial charge in [0, 0.05) is 33.1 Å². The van der Waals surface area contributed by atoms with E-state index in [2.05, 4.69) is 89.5 Å². The monoisotopic (exact) mass is 357 g/mol. The molecule has 130 valence electrons. The Bertz CT molecular complexity index is 1720. The van der Waals surface area contributed by atoms with E-state index in [1.54, 1.807) is 0 Å². The van der Waals surface area contributed by atoms with Crippen molar-refractivity contribution in [3.05, 3.63) is 91.1 Å². The van der Waals surface area contributed by atoms with Crippen LogP contribution in [0.3, 0.4) is 0 Å². The Labute approximate surface area is 160 Å². The Balaban J connectivity index is 1.91. The van der Waals surface area contributed by atoms with Crippen LogP contribution in [0.25, 0.3) is 59.9 Å². The van der Waals surface area contributed by atoms with E-state index in [0.29, 0.717) is 0 Å². The van der Waals surface area contributed by atoms with E-state index in [9.17, 15) is 0 Å². The van der Waals surface area contributed by atoms with Crippen molar-refractivity contribution < 1.29 is 4.42 Å². The maximum atomic E-state index is 6.43. The standard InChI is InChI=1S/C26H15NO/c1-2-8-17-16(7-1)15-27-22-11-5-3-9-18(22)20-13-14-21-19-10-4-6-12-23(19)28-26(21)24(20)25(17)27/h1-15H. The first-order chi connectivity index (χ1) is 13.9. The van der Waals surface area contributed by atoms with Gasteiger partial charge in [0.1, 0.15) is 11.2 Å². The van der Waals surface area contributed by atoms with E-state index in [0.717, 1.165) is 11.2 Å². The Morgan fingerprint density at radius 2 is 1.29 bits per heavy atom. The first-order valence-corrected chi connectivity index (χ1v) is 9.55. The molecule has 0 aliphatic carbocycles. The number of hydrogen-bond acceptors (Lipinski definition) is 1. The van der Waals surface area contributed by atoms with Gasteiger partial charge >= 0.3 is 0 Å². The molecule has 3 heterocycles. The largest absolute Gasteiger partial charge is 0.455 e. The van der Waals surface area contributed by atoms with E-state index in [4.69, 9.17) is 4.42 Å². The van der Waals surface area contributed by atoms with Gasteiger partial charge in [-0.1, -0.05) is 66.7 Å². The minimum absolute atomic E-state index is 0.937. The summed E-state index contributed by atoms with van der Waals surface area (Å²) in [6.07, 6.45) is 2.24. The van der Waals surface area contributed by atoms with Gasteiger partial charge in [-0.05, 0) is 23.6 Å². The van der Waals surface area contributed by atoms with Crippen LogP contribution in [0, 0.1) is 0 Å². The van der Waals surface area contributed by atoms with Gasteiger partial charge in [0.15, 0.2) is 0 Å². The number of furan rings is 1. The van der Waals surface area contributed by atoms with Crippen LogP contribution >= 0.6 is 0 Å². The Morgan fingerprint density at radius 3 is 2.21 bits per heavy atom. The summed E-state index contributed by atoms with van der Waals surface area (Å²) in [5, 5.41) is 8.51. The summed E-state index contributed by atoms with van der Waals surface area (Å²) in [5.74, 6) is 0. The highest BCUT2D eigenvalue weighted by Crippen LogP contribution is 2.41. The van der Waals surface area contributed by atoms with Gasteiger partial charge in [-0.3, -0.25) is 0 Å². The smallest absolute Gasteiger partial charge is 0.145 e. The number of nitrogens with zero attached hydrogens (tertiary/aromatic N) is 1. The Kier molecular flexibility index (Phi) is 2.52. The predicted octanol–water partition coefficient (Wildman–Crippen LogP) is 7.30. The molecule has 0 aliphatic heterocycles. The van der Waals surface area contributed by atoms with Crippen LogP contribution in [-0.2, 0) is 0 Å². The molecule has 2 heteroatoms. The summed E-state index contributed by atoms with van der Waals surface area (Å²) in [4.78, 5) is 0. The van der Waals surface area contributed by atoms with Gasteiger partial charge in [-0.25, -0.2) is 0 Å². The maximum Gasteiger partial charge on any atom is 0.145 e. The number of benzene rings is 4. The van der Waals surface area contributed by atoms with Crippen molar-refractivity contribution in [1.82, 2.24) is 4.40 Å². The highest BCUT2D eigenvalue weighted by atomic mass is 16.3. The van der Waals surface area contributed by atoms with Crippen LogP contribution in [0.1, 0.15) is 0 Å². The average molecular weight is 357 g/mol. The lowest BCUT2D eigenvalue weighted by molar-refractivity contribution is 0.673. The zero-order chi connectivity index (χ0) is 18.2.